The van der Waals surface area contributed by atoms with Crippen molar-refractivity contribution in [1.29, 1.82) is 0 Å². The van der Waals surface area contributed by atoms with Crippen molar-refractivity contribution >= 4 is 11.8 Å². The van der Waals surface area contributed by atoms with Gasteiger partial charge in [0.05, 0.1) is 11.1 Å². The number of carbonyl (C=O) groups excluding carboxylic acids is 2. The topological polar surface area (TPSA) is 40.6 Å². The third kappa shape index (κ3) is 4.92. The molecule has 0 saturated heterocycles. The summed E-state index contributed by atoms with van der Waals surface area (Å²) in [5.41, 5.74) is 3.90. The Morgan fingerprint density at radius 2 is 1.00 bits per heavy atom. The van der Waals surface area contributed by atoms with Gasteiger partial charge in [-0.1, -0.05) is 0 Å². The Labute approximate surface area is 116 Å². The van der Waals surface area contributed by atoms with Gasteiger partial charge in [0.2, 0.25) is 0 Å². The van der Waals surface area contributed by atoms with E-state index in [2.05, 4.69) is 5.73 Å². The maximum absolute atomic E-state index is 12.1. The molecule has 0 aliphatic carbocycles. The van der Waals surface area contributed by atoms with Crippen LogP contribution in [0, 0.1) is 0 Å². The zero-order valence-electron chi connectivity index (χ0n) is 13.0. The van der Waals surface area contributed by atoms with Crippen LogP contribution >= 0.6 is 0 Å². The Morgan fingerprint density at radius 1 is 0.737 bits per heavy atom. The Morgan fingerprint density at radius 3 is 1.21 bits per heavy atom. The molecule has 0 aromatic carbocycles. The van der Waals surface area contributed by atoms with Crippen LogP contribution in [0.2, 0.25) is 0 Å². The van der Waals surface area contributed by atoms with Crippen molar-refractivity contribution in [2.75, 3.05) is 26.2 Å². The lowest BCUT2D eigenvalue weighted by molar-refractivity contribution is -0.127. The molecule has 0 radical (unpaired) electrons. The Hall–Kier alpha value is -1.54. The maximum Gasteiger partial charge on any atom is 0.257 e. The molecule has 0 saturated carbocycles. The van der Waals surface area contributed by atoms with E-state index in [1.807, 2.05) is 27.7 Å². The van der Waals surface area contributed by atoms with E-state index in [-0.39, 0.29) is 11.8 Å². The average Bonchev–Trinajstić information content (AvgIpc) is 2.40. The molecule has 0 spiro atoms. The lowest BCUT2D eigenvalue weighted by atomic mass is 10.2. The molecule has 0 heterocycles. The predicted octanol–water partition coefficient (Wildman–Crippen LogP) is 2.21. The monoisotopic (exact) mass is 266 g/mol. The molecule has 2 amide bonds. The zero-order chi connectivity index (χ0) is 15.0. The van der Waals surface area contributed by atoms with Gasteiger partial charge in [-0.15, -0.1) is 5.73 Å². The number of carbonyl (C=O) groups is 2. The standard InChI is InChI=1S/C15H26N2O2/c1-7-16(8-2)14(18)12(5)11-13(6)15(19)17(9-3)10-4/h7-10H2,1-6H3. The molecule has 0 aliphatic rings. The second kappa shape index (κ2) is 8.54. The van der Waals surface area contributed by atoms with Crippen molar-refractivity contribution in [2.24, 2.45) is 0 Å². The molecule has 0 N–H and O–H groups in total. The first-order valence-electron chi connectivity index (χ1n) is 6.95. The summed E-state index contributed by atoms with van der Waals surface area (Å²) in [4.78, 5) is 27.6. The molecule has 0 rings (SSSR count). The van der Waals surface area contributed by atoms with E-state index in [4.69, 9.17) is 0 Å². The van der Waals surface area contributed by atoms with Crippen LogP contribution in [0.15, 0.2) is 16.9 Å². The molecule has 0 bridgehead atoms. The summed E-state index contributed by atoms with van der Waals surface area (Å²) in [6, 6.07) is 0. The smallest absolute Gasteiger partial charge is 0.257 e. The zero-order valence-corrected chi connectivity index (χ0v) is 13.0. The van der Waals surface area contributed by atoms with Crippen molar-refractivity contribution in [2.45, 2.75) is 41.5 Å². The van der Waals surface area contributed by atoms with Gasteiger partial charge < -0.3 is 9.80 Å². The van der Waals surface area contributed by atoms with Gasteiger partial charge in [0.15, 0.2) is 0 Å². The van der Waals surface area contributed by atoms with Crippen molar-refractivity contribution in [1.82, 2.24) is 9.80 Å². The molecule has 0 aliphatic heterocycles. The van der Waals surface area contributed by atoms with Crippen LogP contribution in [-0.4, -0.2) is 47.8 Å². The first-order chi connectivity index (χ1) is 8.92. The summed E-state index contributed by atoms with van der Waals surface area (Å²) < 4.78 is 0. The van der Waals surface area contributed by atoms with Crippen molar-refractivity contribution < 1.29 is 9.59 Å². The summed E-state index contributed by atoms with van der Waals surface area (Å²) in [5.74, 6) is -0.117. The summed E-state index contributed by atoms with van der Waals surface area (Å²) >= 11 is 0. The molecule has 4 heteroatoms. The van der Waals surface area contributed by atoms with Gasteiger partial charge in [0.25, 0.3) is 11.8 Å². The molecular formula is C15H26N2O2. The molecule has 0 aromatic heterocycles. The molecule has 4 nitrogen and oxygen atoms in total. The summed E-state index contributed by atoms with van der Waals surface area (Å²) in [6.07, 6.45) is 0. The number of hydrogen-bond donors (Lipinski definition) is 0. The number of amides is 2. The molecule has 0 fully saturated rings. The fourth-order valence-corrected chi connectivity index (χ4v) is 1.88. The summed E-state index contributed by atoms with van der Waals surface area (Å²) in [6.45, 7) is 13.8. The maximum atomic E-state index is 12.1. The van der Waals surface area contributed by atoms with Crippen molar-refractivity contribution in [3.05, 3.63) is 16.9 Å². The molecular weight excluding hydrogens is 240 g/mol. The van der Waals surface area contributed by atoms with Crippen molar-refractivity contribution in [3.63, 3.8) is 0 Å². The van der Waals surface area contributed by atoms with Crippen LogP contribution in [0.4, 0.5) is 0 Å². The minimum atomic E-state index is -0.0586. The highest BCUT2D eigenvalue weighted by Gasteiger charge is 2.14. The minimum Gasteiger partial charge on any atom is -0.339 e. The van der Waals surface area contributed by atoms with Crippen LogP contribution in [0.3, 0.4) is 0 Å². The van der Waals surface area contributed by atoms with Gasteiger partial charge in [0, 0.05) is 26.2 Å². The summed E-state index contributed by atoms with van der Waals surface area (Å²) in [7, 11) is 0. The molecule has 108 valence electrons. The lowest BCUT2D eigenvalue weighted by Crippen LogP contribution is -2.32. The second-order valence-electron chi connectivity index (χ2n) is 4.33. The van der Waals surface area contributed by atoms with Crippen LogP contribution < -0.4 is 0 Å². The van der Waals surface area contributed by atoms with Gasteiger partial charge in [-0.05, 0) is 41.5 Å². The van der Waals surface area contributed by atoms with E-state index in [1.54, 1.807) is 23.6 Å². The van der Waals surface area contributed by atoms with E-state index < -0.39 is 0 Å². The predicted molar refractivity (Wildman–Crippen MR) is 77.7 cm³/mol. The van der Waals surface area contributed by atoms with Crippen LogP contribution in [0.5, 0.6) is 0 Å². The Balaban J connectivity index is 5.22. The van der Waals surface area contributed by atoms with Gasteiger partial charge in [-0.2, -0.15) is 0 Å². The van der Waals surface area contributed by atoms with Gasteiger partial charge in [-0.3, -0.25) is 9.59 Å². The van der Waals surface area contributed by atoms with E-state index in [0.29, 0.717) is 37.3 Å². The minimum absolute atomic E-state index is 0.0586. The third-order valence-corrected chi connectivity index (χ3v) is 3.12. The first kappa shape index (κ1) is 17.5. The molecule has 0 atom stereocenters. The average molecular weight is 266 g/mol. The van der Waals surface area contributed by atoms with E-state index in [9.17, 15) is 9.59 Å². The van der Waals surface area contributed by atoms with E-state index in [1.165, 1.54) is 0 Å². The van der Waals surface area contributed by atoms with Gasteiger partial charge in [-0.25, -0.2) is 0 Å². The normalized spacial score (nSPS) is 9.58. The number of likely N-dealkylation sites (N-methyl/N-ethyl adjacent to an activating group) is 2. The highest BCUT2D eigenvalue weighted by molar-refractivity contribution is 5.96. The van der Waals surface area contributed by atoms with Gasteiger partial charge in [0.1, 0.15) is 0 Å². The molecule has 0 aromatic rings. The SMILES string of the molecule is CCN(CC)C(=O)C(C)=C=C(C)C(=O)N(CC)CC. The lowest BCUT2D eigenvalue weighted by Gasteiger charge is -2.19. The first-order valence-corrected chi connectivity index (χ1v) is 6.95. The van der Waals surface area contributed by atoms with Crippen LogP contribution in [0.1, 0.15) is 41.5 Å². The highest BCUT2D eigenvalue weighted by Crippen LogP contribution is 2.04. The number of hydrogen-bond acceptors (Lipinski definition) is 2. The molecule has 0 unspecified atom stereocenters. The third-order valence-electron chi connectivity index (χ3n) is 3.12. The second-order valence-corrected chi connectivity index (χ2v) is 4.33. The van der Waals surface area contributed by atoms with Crippen LogP contribution in [-0.2, 0) is 9.59 Å². The number of nitrogens with zero attached hydrogens (tertiary/aromatic N) is 2. The van der Waals surface area contributed by atoms with E-state index >= 15 is 0 Å². The Kier molecular flexibility index (Phi) is 7.85. The largest absolute Gasteiger partial charge is 0.339 e. The Bertz CT molecular complexity index is 351. The van der Waals surface area contributed by atoms with E-state index in [0.717, 1.165) is 0 Å². The van der Waals surface area contributed by atoms with Gasteiger partial charge >= 0.3 is 0 Å². The molecule has 19 heavy (non-hydrogen) atoms. The highest BCUT2D eigenvalue weighted by atomic mass is 16.2. The fraction of sp³-hybridized carbons (Fsp3) is 0.667. The van der Waals surface area contributed by atoms with Crippen molar-refractivity contribution in [3.8, 4) is 0 Å². The quantitative estimate of drug-likeness (QED) is 0.546. The summed E-state index contributed by atoms with van der Waals surface area (Å²) in [5, 5.41) is 0. The number of rotatable bonds is 6. The van der Waals surface area contributed by atoms with Crippen LogP contribution in [0.25, 0.3) is 0 Å². The fourth-order valence-electron chi connectivity index (χ4n) is 1.88.